The SMILES string of the molecule is CC(C)(C)OC(=O)N1CC[C@H]([C@H](CC(=O)O)NC(=O)OCc2ccccc2)C1. The first-order valence-corrected chi connectivity index (χ1v) is 9.31. The summed E-state index contributed by atoms with van der Waals surface area (Å²) in [7, 11) is 0. The predicted octanol–water partition coefficient (Wildman–Crippen LogP) is 3.01. The van der Waals surface area contributed by atoms with Gasteiger partial charge in [0.15, 0.2) is 0 Å². The Balaban J connectivity index is 1.91. The minimum atomic E-state index is -1.02. The highest BCUT2D eigenvalue weighted by molar-refractivity contribution is 5.72. The first kappa shape index (κ1) is 21.5. The van der Waals surface area contributed by atoms with Crippen LogP contribution in [-0.2, 0) is 20.9 Å². The number of carbonyl (C=O) groups is 3. The van der Waals surface area contributed by atoms with Gasteiger partial charge in [0.2, 0.25) is 0 Å². The molecular formula is C20H28N2O6. The molecule has 1 heterocycles. The summed E-state index contributed by atoms with van der Waals surface area (Å²) in [5, 5.41) is 11.8. The molecule has 154 valence electrons. The molecule has 2 N–H and O–H groups in total. The quantitative estimate of drug-likeness (QED) is 0.771. The van der Waals surface area contributed by atoms with Crippen molar-refractivity contribution in [2.75, 3.05) is 13.1 Å². The van der Waals surface area contributed by atoms with Crippen LogP contribution in [0.2, 0.25) is 0 Å². The van der Waals surface area contributed by atoms with Gasteiger partial charge in [-0.05, 0) is 38.7 Å². The molecular weight excluding hydrogens is 364 g/mol. The fourth-order valence-corrected chi connectivity index (χ4v) is 3.05. The number of carboxylic acids is 1. The fraction of sp³-hybridized carbons (Fsp3) is 0.550. The summed E-state index contributed by atoms with van der Waals surface area (Å²) in [5.41, 5.74) is 0.235. The molecule has 0 aliphatic carbocycles. The molecule has 0 spiro atoms. The molecule has 2 atom stereocenters. The van der Waals surface area contributed by atoms with Crippen LogP contribution in [0.1, 0.15) is 39.2 Å². The number of likely N-dealkylation sites (tertiary alicyclic amines) is 1. The minimum Gasteiger partial charge on any atom is -0.481 e. The van der Waals surface area contributed by atoms with E-state index in [0.717, 1.165) is 5.56 Å². The Hall–Kier alpha value is -2.77. The third-order valence-electron chi connectivity index (χ3n) is 4.36. The van der Waals surface area contributed by atoms with Crippen molar-refractivity contribution in [1.82, 2.24) is 10.2 Å². The molecule has 0 unspecified atom stereocenters. The van der Waals surface area contributed by atoms with Crippen molar-refractivity contribution >= 4 is 18.2 Å². The van der Waals surface area contributed by atoms with Crippen LogP contribution in [-0.4, -0.2) is 52.9 Å². The summed E-state index contributed by atoms with van der Waals surface area (Å²) < 4.78 is 10.5. The zero-order chi connectivity index (χ0) is 20.7. The lowest BCUT2D eigenvalue weighted by Crippen LogP contribution is -2.43. The van der Waals surface area contributed by atoms with Gasteiger partial charge in [0.1, 0.15) is 12.2 Å². The van der Waals surface area contributed by atoms with E-state index in [1.165, 1.54) is 0 Å². The van der Waals surface area contributed by atoms with E-state index >= 15 is 0 Å². The lowest BCUT2D eigenvalue weighted by Gasteiger charge is -2.26. The molecule has 1 aromatic carbocycles. The maximum Gasteiger partial charge on any atom is 0.410 e. The molecule has 0 radical (unpaired) electrons. The monoisotopic (exact) mass is 392 g/mol. The number of carboxylic acid groups (broad SMARTS) is 1. The number of hydrogen-bond acceptors (Lipinski definition) is 5. The lowest BCUT2D eigenvalue weighted by atomic mass is 9.96. The molecule has 1 saturated heterocycles. The first-order valence-electron chi connectivity index (χ1n) is 9.31. The molecule has 0 bridgehead atoms. The van der Waals surface area contributed by atoms with Gasteiger partial charge in [-0.15, -0.1) is 0 Å². The maximum atomic E-state index is 12.2. The number of aliphatic carboxylic acids is 1. The van der Waals surface area contributed by atoms with Gasteiger partial charge in [0, 0.05) is 19.1 Å². The third-order valence-corrected chi connectivity index (χ3v) is 4.36. The highest BCUT2D eigenvalue weighted by atomic mass is 16.6. The molecule has 0 aromatic heterocycles. The molecule has 8 heteroatoms. The van der Waals surface area contributed by atoms with Gasteiger partial charge in [-0.3, -0.25) is 4.79 Å². The molecule has 1 aliphatic heterocycles. The topological polar surface area (TPSA) is 105 Å². The second-order valence-electron chi connectivity index (χ2n) is 7.89. The second kappa shape index (κ2) is 9.43. The molecule has 2 amide bonds. The Morgan fingerprint density at radius 3 is 2.54 bits per heavy atom. The van der Waals surface area contributed by atoms with Gasteiger partial charge in [-0.25, -0.2) is 9.59 Å². The zero-order valence-electron chi connectivity index (χ0n) is 16.5. The smallest absolute Gasteiger partial charge is 0.410 e. The number of amides is 2. The van der Waals surface area contributed by atoms with Crippen molar-refractivity contribution in [3.8, 4) is 0 Å². The summed E-state index contributed by atoms with van der Waals surface area (Å²) in [4.78, 5) is 37.1. The molecule has 2 rings (SSSR count). The summed E-state index contributed by atoms with van der Waals surface area (Å²) in [6.07, 6.45) is -0.773. The molecule has 28 heavy (non-hydrogen) atoms. The molecule has 1 aliphatic rings. The van der Waals surface area contributed by atoms with Crippen molar-refractivity contribution in [3.05, 3.63) is 35.9 Å². The third kappa shape index (κ3) is 7.09. The zero-order valence-corrected chi connectivity index (χ0v) is 16.5. The Morgan fingerprint density at radius 1 is 1.25 bits per heavy atom. The number of carbonyl (C=O) groups excluding carboxylic acids is 2. The molecule has 0 saturated carbocycles. The van der Waals surface area contributed by atoms with E-state index in [-0.39, 0.29) is 18.9 Å². The Kier molecular flexibility index (Phi) is 7.25. The number of ether oxygens (including phenoxy) is 2. The highest BCUT2D eigenvalue weighted by Crippen LogP contribution is 2.24. The second-order valence-corrected chi connectivity index (χ2v) is 7.89. The Labute approximate surface area is 164 Å². The van der Waals surface area contributed by atoms with E-state index in [4.69, 9.17) is 9.47 Å². The van der Waals surface area contributed by atoms with Crippen LogP contribution in [0.25, 0.3) is 0 Å². The van der Waals surface area contributed by atoms with Crippen LogP contribution < -0.4 is 5.32 Å². The van der Waals surface area contributed by atoms with Gasteiger partial charge in [0.05, 0.1) is 6.42 Å². The normalized spacial score (nSPS) is 17.7. The summed E-state index contributed by atoms with van der Waals surface area (Å²) in [6.45, 7) is 6.24. The van der Waals surface area contributed by atoms with Crippen molar-refractivity contribution in [2.24, 2.45) is 5.92 Å². The van der Waals surface area contributed by atoms with Crippen molar-refractivity contribution in [2.45, 2.75) is 51.9 Å². The van der Waals surface area contributed by atoms with Gasteiger partial charge in [0.25, 0.3) is 0 Å². The number of nitrogens with one attached hydrogen (secondary N) is 1. The minimum absolute atomic E-state index is 0.0984. The van der Waals surface area contributed by atoms with Crippen molar-refractivity contribution in [1.29, 1.82) is 0 Å². The van der Waals surface area contributed by atoms with Crippen LogP contribution in [0, 0.1) is 5.92 Å². The van der Waals surface area contributed by atoms with Gasteiger partial charge >= 0.3 is 18.2 Å². The molecule has 8 nitrogen and oxygen atoms in total. The van der Waals surface area contributed by atoms with E-state index in [2.05, 4.69) is 5.32 Å². The van der Waals surface area contributed by atoms with Crippen molar-refractivity contribution < 1.29 is 29.0 Å². The van der Waals surface area contributed by atoms with Crippen LogP contribution in [0.3, 0.4) is 0 Å². The van der Waals surface area contributed by atoms with E-state index in [9.17, 15) is 19.5 Å². The van der Waals surface area contributed by atoms with Gasteiger partial charge in [-0.1, -0.05) is 30.3 Å². The van der Waals surface area contributed by atoms with Gasteiger partial charge in [-0.2, -0.15) is 0 Å². The number of benzene rings is 1. The van der Waals surface area contributed by atoms with Crippen LogP contribution in [0.5, 0.6) is 0 Å². The average Bonchev–Trinajstić information content (AvgIpc) is 3.09. The standard InChI is InChI=1S/C20H28N2O6/c1-20(2,3)28-19(26)22-10-9-15(12-22)16(11-17(23)24)21-18(25)27-13-14-7-5-4-6-8-14/h4-8,15-16H,9-13H2,1-3H3,(H,21,25)(H,23,24)/t15-,16-/m0/s1. The predicted molar refractivity (Wildman–Crippen MR) is 102 cm³/mol. The fourth-order valence-electron chi connectivity index (χ4n) is 3.05. The van der Waals surface area contributed by atoms with Gasteiger partial charge < -0.3 is 24.8 Å². The molecule has 1 aromatic rings. The summed E-state index contributed by atoms with van der Waals surface area (Å²) in [6, 6.07) is 8.58. The summed E-state index contributed by atoms with van der Waals surface area (Å²) >= 11 is 0. The summed E-state index contributed by atoms with van der Waals surface area (Å²) in [5.74, 6) is -1.21. The van der Waals surface area contributed by atoms with E-state index in [1.54, 1.807) is 25.7 Å². The van der Waals surface area contributed by atoms with Crippen LogP contribution >= 0.6 is 0 Å². The largest absolute Gasteiger partial charge is 0.481 e. The first-order chi connectivity index (χ1) is 13.1. The highest BCUT2D eigenvalue weighted by Gasteiger charge is 2.35. The van der Waals surface area contributed by atoms with Crippen LogP contribution in [0.4, 0.5) is 9.59 Å². The maximum absolute atomic E-state index is 12.2. The van der Waals surface area contributed by atoms with E-state index in [0.29, 0.717) is 19.5 Å². The molecule has 1 fully saturated rings. The number of rotatable bonds is 6. The average molecular weight is 392 g/mol. The number of nitrogens with zero attached hydrogens (tertiary/aromatic N) is 1. The Morgan fingerprint density at radius 2 is 1.93 bits per heavy atom. The van der Waals surface area contributed by atoms with E-state index < -0.39 is 29.8 Å². The number of hydrogen-bond donors (Lipinski definition) is 2. The van der Waals surface area contributed by atoms with Crippen molar-refractivity contribution in [3.63, 3.8) is 0 Å². The lowest BCUT2D eigenvalue weighted by molar-refractivity contribution is -0.137. The van der Waals surface area contributed by atoms with Crippen LogP contribution in [0.15, 0.2) is 30.3 Å². The Bertz CT molecular complexity index is 686. The number of alkyl carbamates (subject to hydrolysis) is 1. The van der Waals surface area contributed by atoms with E-state index in [1.807, 2.05) is 30.3 Å².